The number of ether oxygens (including phenoxy) is 1. The summed E-state index contributed by atoms with van der Waals surface area (Å²) in [4.78, 5) is 31.0. The Morgan fingerprint density at radius 3 is 2.73 bits per heavy atom. The molecule has 0 N–H and O–H groups in total. The monoisotopic (exact) mass is 370 g/mol. The van der Waals surface area contributed by atoms with Gasteiger partial charge in [-0.2, -0.15) is 0 Å². The van der Waals surface area contributed by atoms with Crippen LogP contribution in [0.4, 0.5) is 0 Å². The van der Waals surface area contributed by atoms with E-state index in [1.807, 2.05) is 36.4 Å². The molecule has 1 aromatic carbocycles. The Balaban J connectivity index is 2.00. The number of hydrogen-bond donors (Lipinski definition) is 0. The first-order valence-corrected chi connectivity index (χ1v) is 9.61. The van der Waals surface area contributed by atoms with Crippen LogP contribution in [-0.4, -0.2) is 22.6 Å². The highest BCUT2D eigenvalue weighted by molar-refractivity contribution is 7.21. The van der Waals surface area contributed by atoms with E-state index in [2.05, 4.69) is 11.7 Å². The van der Waals surface area contributed by atoms with E-state index in [4.69, 9.17) is 4.98 Å². The summed E-state index contributed by atoms with van der Waals surface area (Å²) in [6.07, 6.45) is 2.51. The minimum absolute atomic E-state index is 0.0262. The fourth-order valence-corrected chi connectivity index (χ4v) is 3.98. The van der Waals surface area contributed by atoms with Gasteiger partial charge in [-0.05, 0) is 24.5 Å². The molecular formula is C20H22N2O3S. The summed E-state index contributed by atoms with van der Waals surface area (Å²) < 4.78 is 6.40. The molecule has 0 saturated carbocycles. The lowest BCUT2D eigenvalue weighted by Crippen LogP contribution is -2.25. The van der Waals surface area contributed by atoms with Crippen LogP contribution in [0.15, 0.2) is 41.2 Å². The van der Waals surface area contributed by atoms with E-state index >= 15 is 0 Å². The van der Waals surface area contributed by atoms with E-state index in [9.17, 15) is 9.59 Å². The van der Waals surface area contributed by atoms with E-state index in [1.54, 1.807) is 15.9 Å². The number of benzene rings is 1. The number of rotatable bonds is 7. The maximum absolute atomic E-state index is 13.0. The number of methoxy groups -OCH3 is 1. The third-order valence-corrected chi connectivity index (χ3v) is 5.33. The van der Waals surface area contributed by atoms with Crippen LogP contribution in [0.1, 0.15) is 32.0 Å². The van der Waals surface area contributed by atoms with Crippen molar-refractivity contribution in [2.45, 2.75) is 39.2 Å². The van der Waals surface area contributed by atoms with Crippen molar-refractivity contribution < 1.29 is 9.53 Å². The van der Waals surface area contributed by atoms with E-state index in [0.717, 1.165) is 33.9 Å². The molecule has 0 aliphatic carbocycles. The molecule has 0 spiro atoms. The smallest absolute Gasteiger partial charge is 0.305 e. The molecule has 0 amide bonds. The SMILES string of the molecule is CCCc1nc2sc(-c3ccccc3)cc2c(=O)n1CCCC(=O)OC. The van der Waals surface area contributed by atoms with Crippen molar-refractivity contribution in [2.24, 2.45) is 0 Å². The maximum atomic E-state index is 13.0. The van der Waals surface area contributed by atoms with Crippen molar-refractivity contribution in [1.82, 2.24) is 9.55 Å². The fourth-order valence-electron chi connectivity index (χ4n) is 2.93. The number of aromatic nitrogens is 2. The molecule has 0 bridgehead atoms. The molecule has 2 aromatic heterocycles. The van der Waals surface area contributed by atoms with Gasteiger partial charge in [0.25, 0.3) is 5.56 Å². The van der Waals surface area contributed by atoms with Gasteiger partial charge in [0, 0.05) is 24.3 Å². The Hall–Kier alpha value is -2.47. The highest BCUT2D eigenvalue weighted by Gasteiger charge is 2.15. The lowest BCUT2D eigenvalue weighted by atomic mass is 10.2. The molecule has 3 rings (SSSR count). The molecule has 0 radical (unpaired) electrons. The van der Waals surface area contributed by atoms with Gasteiger partial charge in [-0.25, -0.2) is 4.98 Å². The highest BCUT2D eigenvalue weighted by atomic mass is 32.1. The van der Waals surface area contributed by atoms with Crippen molar-refractivity contribution in [2.75, 3.05) is 7.11 Å². The van der Waals surface area contributed by atoms with Crippen molar-refractivity contribution in [1.29, 1.82) is 0 Å². The highest BCUT2D eigenvalue weighted by Crippen LogP contribution is 2.31. The predicted octanol–water partition coefficient (Wildman–Crippen LogP) is 4.03. The number of nitrogens with zero attached hydrogens (tertiary/aromatic N) is 2. The largest absolute Gasteiger partial charge is 0.469 e. The normalized spacial score (nSPS) is 11.0. The van der Waals surface area contributed by atoms with Crippen LogP contribution >= 0.6 is 11.3 Å². The summed E-state index contributed by atoms with van der Waals surface area (Å²) in [7, 11) is 1.38. The van der Waals surface area contributed by atoms with Gasteiger partial charge < -0.3 is 4.74 Å². The summed E-state index contributed by atoms with van der Waals surface area (Å²) in [5, 5.41) is 0.645. The molecule has 0 aliphatic heterocycles. The molecule has 26 heavy (non-hydrogen) atoms. The lowest BCUT2D eigenvalue weighted by molar-refractivity contribution is -0.140. The molecule has 0 fully saturated rings. The van der Waals surface area contributed by atoms with Gasteiger partial charge in [-0.3, -0.25) is 14.2 Å². The molecule has 0 saturated heterocycles. The van der Waals surface area contributed by atoms with E-state index in [-0.39, 0.29) is 11.5 Å². The van der Waals surface area contributed by atoms with E-state index in [1.165, 1.54) is 7.11 Å². The lowest BCUT2D eigenvalue weighted by Gasteiger charge is -2.11. The first-order valence-electron chi connectivity index (χ1n) is 8.79. The second kappa shape index (κ2) is 8.27. The number of aryl methyl sites for hydroxylation is 1. The van der Waals surface area contributed by atoms with Crippen LogP contribution in [0.25, 0.3) is 20.7 Å². The average Bonchev–Trinajstić information content (AvgIpc) is 3.09. The van der Waals surface area contributed by atoms with Crippen LogP contribution < -0.4 is 5.56 Å². The molecule has 0 aliphatic rings. The molecule has 2 heterocycles. The Labute approximate surface area is 156 Å². The van der Waals surface area contributed by atoms with Crippen LogP contribution in [0.2, 0.25) is 0 Å². The fraction of sp³-hybridized carbons (Fsp3) is 0.350. The van der Waals surface area contributed by atoms with Crippen LogP contribution in [0.5, 0.6) is 0 Å². The first-order chi connectivity index (χ1) is 12.6. The molecule has 0 unspecified atom stereocenters. The molecule has 5 nitrogen and oxygen atoms in total. The van der Waals surface area contributed by atoms with E-state index < -0.39 is 0 Å². The second-order valence-corrected chi connectivity index (χ2v) is 7.14. The number of esters is 1. The molecule has 3 aromatic rings. The standard InChI is InChI=1S/C20H22N2O3S/c1-3-8-17-21-19-15(13-16(26-19)14-9-5-4-6-10-14)20(24)22(17)12-7-11-18(23)25-2/h4-6,9-10,13H,3,7-8,11-12H2,1-2H3. The minimum Gasteiger partial charge on any atom is -0.469 e. The number of thiophene rings is 1. The van der Waals surface area contributed by atoms with Crippen LogP contribution in [0.3, 0.4) is 0 Å². The zero-order valence-electron chi connectivity index (χ0n) is 15.0. The number of carbonyl (C=O) groups excluding carboxylic acids is 1. The second-order valence-electron chi connectivity index (χ2n) is 6.11. The Morgan fingerprint density at radius 1 is 1.27 bits per heavy atom. The Bertz CT molecular complexity index is 960. The summed E-state index contributed by atoms with van der Waals surface area (Å²) >= 11 is 1.55. The predicted molar refractivity (Wildman–Crippen MR) is 105 cm³/mol. The Morgan fingerprint density at radius 2 is 2.04 bits per heavy atom. The first kappa shape index (κ1) is 18.3. The molecular weight excluding hydrogens is 348 g/mol. The third kappa shape index (κ3) is 3.85. The quantitative estimate of drug-likeness (QED) is 0.589. The van der Waals surface area contributed by atoms with Gasteiger partial charge in [0.1, 0.15) is 10.7 Å². The van der Waals surface area contributed by atoms with Gasteiger partial charge in [-0.15, -0.1) is 11.3 Å². The summed E-state index contributed by atoms with van der Waals surface area (Å²) in [6, 6.07) is 11.9. The topological polar surface area (TPSA) is 61.2 Å². The van der Waals surface area contributed by atoms with Crippen LogP contribution in [0, 0.1) is 0 Å². The summed E-state index contributed by atoms with van der Waals surface area (Å²) in [6.45, 7) is 2.54. The van der Waals surface area contributed by atoms with Crippen molar-refractivity contribution in [3.8, 4) is 10.4 Å². The van der Waals surface area contributed by atoms with Gasteiger partial charge in [0.05, 0.1) is 12.5 Å². The summed E-state index contributed by atoms with van der Waals surface area (Å²) in [5.41, 5.74) is 1.06. The zero-order chi connectivity index (χ0) is 18.5. The van der Waals surface area contributed by atoms with Gasteiger partial charge in [0.15, 0.2) is 0 Å². The van der Waals surface area contributed by atoms with E-state index in [0.29, 0.717) is 24.8 Å². The number of hydrogen-bond acceptors (Lipinski definition) is 5. The molecule has 136 valence electrons. The van der Waals surface area contributed by atoms with Crippen molar-refractivity contribution in [3.05, 3.63) is 52.6 Å². The Kier molecular flexibility index (Phi) is 5.83. The number of fused-ring (bicyclic) bond motifs is 1. The van der Waals surface area contributed by atoms with Crippen molar-refractivity contribution >= 4 is 27.5 Å². The zero-order valence-corrected chi connectivity index (χ0v) is 15.8. The third-order valence-electron chi connectivity index (χ3n) is 4.25. The van der Waals surface area contributed by atoms with Gasteiger partial charge >= 0.3 is 5.97 Å². The average molecular weight is 370 g/mol. The van der Waals surface area contributed by atoms with Gasteiger partial charge in [0.2, 0.25) is 0 Å². The summed E-state index contributed by atoms with van der Waals surface area (Å²) in [5.74, 6) is 0.530. The van der Waals surface area contributed by atoms with Crippen LogP contribution in [-0.2, 0) is 22.5 Å². The van der Waals surface area contributed by atoms with Crippen molar-refractivity contribution in [3.63, 3.8) is 0 Å². The van der Waals surface area contributed by atoms with Gasteiger partial charge in [-0.1, -0.05) is 37.3 Å². The maximum Gasteiger partial charge on any atom is 0.305 e. The molecule has 6 heteroatoms. The molecule has 0 atom stereocenters. The number of carbonyl (C=O) groups is 1. The minimum atomic E-state index is -0.258.